The molecule has 0 aliphatic rings. The minimum atomic E-state index is 0.340. The molecule has 116 valence electrons. The summed E-state index contributed by atoms with van der Waals surface area (Å²) >= 11 is 0. The molecule has 3 aromatic carbocycles. The first-order valence-corrected chi connectivity index (χ1v) is 8.23. The minimum absolute atomic E-state index is 0.340. The molecule has 0 fully saturated rings. The first-order valence-electron chi connectivity index (χ1n) is 8.23. The molecule has 1 N–H and O–H groups in total. The Bertz CT molecular complexity index is 712. The molecule has 3 aromatic rings. The lowest BCUT2D eigenvalue weighted by Gasteiger charge is -2.05. The van der Waals surface area contributed by atoms with Crippen molar-refractivity contribution in [2.75, 3.05) is 0 Å². The highest BCUT2D eigenvalue weighted by atomic mass is 16.3. The second kappa shape index (κ2) is 7.64. The zero-order valence-corrected chi connectivity index (χ0v) is 13.3. The van der Waals surface area contributed by atoms with Crippen LogP contribution in [0.3, 0.4) is 0 Å². The minimum Gasteiger partial charge on any atom is -0.508 e. The molecular weight excluding hydrogens is 280 g/mol. The Morgan fingerprint density at radius 1 is 0.522 bits per heavy atom. The summed E-state index contributed by atoms with van der Waals surface area (Å²) in [5.74, 6) is 0.340. The normalized spacial score (nSPS) is 10.6. The molecule has 3 rings (SSSR count). The predicted molar refractivity (Wildman–Crippen MR) is 96.6 cm³/mol. The van der Waals surface area contributed by atoms with Gasteiger partial charge in [-0.05, 0) is 60.1 Å². The molecule has 1 nitrogen and oxygen atoms in total. The summed E-state index contributed by atoms with van der Waals surface area (Å²) in [7, 11) is 0. The third-order valence-electron chi connectivity index (χ3n) is 4.18. The van der Waals surface area contributed by atoms with E-state index in [2.05, 4.69) is 48.5 Å². The van der Waals surface area contributed by atoms with E-state index in [0.29, 0.717) is 5.75 Å². The maximum Gasteiger partial charge on any atom is 0.115 e. The fraction of sp³-hybridized carbons (Fsp3) is 0.182. The van der Waals surface area contributed by atoms with Crippen molar-refractivity contribution < 1.29 is 5.11 Å². The van der Waals surface area contributed by atoms with E-state index in [1.807, 2.05) is 18.2 Å². The van der Waals surface area contributed by atoms with E-state index in [9.17, 15) is 5.11 Å². The van der Waals surface area contributed by atoms with Crippen molar-refractivity contribution in [3.63, 3.8) is 0 Å². The van der Waals surface area contributed by atoms with E-state index in [-0.39, 0.29) is 0 Å². The topological polar surface area (TPSA) is 20.2 Å². The number of aryl methyl sites for hydroxylation is 2. The molecule has 0 radical (unpaired) electrons. The number of hydrogen-bond acceptors (Lipinski definition) is 1. The molecular formula is C22H22O. The Balaban J connectivity index is 1.48. The molecule has 0 spiro atoms. The van der Waals surface area contributed by atoms with Crippen LogP contribution in [0.2, 0.25) is 0 Å². The van der Waals surface area contributed by atoms with Crippen LogP contribution in [0.4, 0.5) is 0 Å². The van der Waals surface area contributed by atoms with Crippen molar-refractivity contribution >= 4 is 0 Å². The van der Waals surface area contributed by atoms with E-state index in [4.69, 9.17) is 0 Å². The van der Waals surface area contributed by atoms with Gasteiger partial charge in [0.1, 0.15) is 5.75 Å². The van der Waals surface area contributed by atoms with Crippen LogP contribution in [0.1, 0.15) is 24.0 Å². The lowest BCUT2D eigenvalue weighted by molar-refractivity contribution is 0.475. The Hall–Kier alpha value is -2.54. The van der Waals surface area contributed by atoms with Crippen LogP contribution in [0.5, 0.6) is 5.75 Å². The van der Waals surface area contributed by atoms with Gasteiger partial charge in [0, 0.05) is 0 Å². The summed E-state index contributed by atoms with van der Waals surface area (Å²) in [6.45, 7) is 0. The molecule has 0 aliphatic heterocycles. The monoisotopic (exact) mass is 302 g/mol. The molecule has 23 heavy (non-hydrogen) atoms. The van der Waals surface area contributed by atoms with Crippen LogP contribution in [0, 0.1) is 0 Å². The van der Waals surface area contributed by atoms with Crippen LogP contribution in [0.25, 0.3) is 11.1 Å². The third-order valence-corrected chi connectivity index (χ3v) is 4.18. The average molecular weight is 302 g/mol. The van der Waals surface area contributed by atoms with Crippen LogP contribution in [-0.2, 0) is 12.8 Å². The first-order chi connectivity index (χ1) is 11.3. The summed E-state index contributed by atoms with van der Waals surface area (Å²) in [6.07, 6.45) is 4.55. The maximum atomic E-state index is 9.28. The van der Waals surface area contributed by atoms with Crippen molar-refractivity contribution in [3.05, 3.63) is 90.0 Å². The van der Waals surface area contributed by atoms with Gasteiger partial charge in [-0.15, -0.1) is 0 Å². The van der Waals surface area contributed by atoms with Crippen molar-refractivity contribution in [3.8, 4) is 16.9 Å². The Kier molecular flexibility index (Phi) is 5.10. The number of benzene rings is 3. The van der Waals surface area contributed by atoms with Crippen LogP contribution in [0.15, 0.2) is 78.9 Å². The van der Waals surface area contributed by atoms with E-state index in [1.54, 1.807) is 12.1 Å². The molecule has 0 saturated carbocycles. The van der Waals surface area contributed by atoms with Gasteiger partial charge in [-0.25, -0.2) is 0 Å². The molecule has 0 atom stereocenters. The largest absolute Gasteiger partial charge is 0.508 e. The summed E-state index contributed by atoms with van der Waals surface area (Å²) < 4.78 is 0. The van der Waals surface area contributed by atoms with E-state index < -0.39 is 0 Å². The lowest BCUT2D eigenvalue weighted by Crippen LogP contribution is -1.89. The molecule has 0 unspecified atom stereocenters. The Labute approximate surface area is 138 Å². The molecule has 0 amide bonds. The third kappa shape index (κ3) is 4.46. The fourth-order valence-corrected chi connectivity index (χ4v) is 2.82. The highest BCUT2D eigenvalue weighted by molar-refractivity contribution is 5.63. The first kappa shape index (κ1) is 15.4. The van der Waals surface area contributed by atoms with Crippen molar-refractivity contribution in [2.24, 2.45) is 0 Å². The second-order valence-corrected chi connectivity index (χ2v) is 5.94. The van der Waals surface area contributed by atoms with Crippen LogP contribution in [-0.4, -0.2) is 5.11 Å². The van der Waals surface area contributed by atoms with Gasteiger partial charge < -0.3 is 5.11 Å². The summed E-state index contributed by atoms with van der Waals surface area (Å²) in [4.78, 5) is 0. The molecule has 0 bridgehead atoms. The SMILES string of the molecule is Oc1ccc(CCCCc2ccc(-c3ccccc3)cc2)cc1. The highest BCUT2D eigenvalue weighted by Crippen LogP contribution is 2.20. The zero-order valence-electron chi connectivity index (χ0n) is 13.3. The fourth-order valence-electron chi connectivity index (χ4n) is 2.82. The van der Waals surface area contributed by atoms with Crippen molar-refractivity contribution in [2.45, 2.75) is 25.7 Å². The van der Waals surface area contributed by atoms with Crippen LogP contribution >= 0.6 is 0 Å². The van der Waals surface area contributed by atoms with E-state index in [1.165, 1.54) is 35.1 Å². The highest BCUT2D eigenvalue weighted by Gasteiger charge is 1.99. The Morgan fingerprint density at radius 3 is 1.57 bits per heavy atom. The summed E-state index contributed by atoms with van der Waals surface area (Å²) in [5, 5.41) is 9.28. The van der Waals surface area contributed by atoms with Crippen LogP contribution < -0.4 is 0 Å². The molecule has 0 aliphatic carbocycles. The van der Waals surface area contributed by atoms with Gasteiger partial charge in [-0.1, -0.05) is 66.7 Å². The summed E-state index contributed by atoms with van der Waals surface area (Å²) in [5.41, 5.74) is 5.24. The standard InChI is InChI=1S/C22H22O/c23-22-16-12-19(13-17-22)7-5-4-6-18-10-14-21(15-11-18)20-8-2-1-3-9-20/h1-3,8-17,23H,4-7H2. The number of hydrogen-bond donors (Lipinski definition) is 1. The number of rotatable bonds is 6. The zero-order chi connectivity index (χ0) is 15.9. The van der Waals surface area contributed by atoms with Gasteiger partial charge in [0.2, 0.25) is 0 Å². The lowest BCUT2D eigenvalue weighted by atomic mass is 10.0. The summed E-state index contributed by atoms with van der Waals surface area (Å²) in [6, 6.07) is 26.9. The molecule has 0 aromatic heterocycles. The van der Waals surface area contributed by atoms with Gasteiger partial charge in [-0.3, -0.25) is 0 Å². The van der Waals surface area contributed by atoms with Crippen molar-refractivity contribution in [1.82, 2.24) is 0 Å². The predicted octanol–water partition coefficient (Wildman–Crippen LogP) is 5.62. The molecule has 0 saturated heterocycles. The maximum absolute atomic E-state index is 9.28. The average Bonchev–Trinajstić information content (AvgIpc) is 2.62. The number of phenols is 1. The smallest absolute Gasteiger partial charge is 0.115 e. The van der Waals surface area contributed by atoms with Gasteiger partial charge >= 0.3 is 0 Å². The molecule has 0 heterocycles. The number of phenolic OH excluding ortho intramolecular Hbond substituents is 1. The number of aromatic hydroxyl groups is 1. The van der Waals surface area contributed by atoms with Gasteiger partial charge in [-0.2, -0.15) is 0 Å². The van der Waals surface area contributed by atoms with Gasteiger partial charge in [0.25, 0.3) is 0 Å². The van der Waals surface area contributed by atoms with Crippen molar-refractivity contribution in [1.29, 1.82) is 0 Å². The second-order valence-electron chi connectivity index (χ2n) is 5.94. The van der Waals surface area contributed by atoms with Gasteiger partial charge in [0.15, 0.2) is 0 Å². The molecule has 1 heteroatoms. The number of unbranched alkanes of at least 4 members (excludes halogenated alkanes) is 1. The van der Waals surface area contributed by atoms with E-state index in [0.717, 1.165) is 12.8 Å². The quantitative estimate of drug-likeness (QED) is 0.585. The van der Waals surface area contributed by atoms with Gasteiger partial charge in [0.05, 0.1) is 0 Å². The van der Waals surface area contributed by atoms with E-state index >= 15 is 0 Å². The Morgan fingerprint density at radius 2 is 1.00 bits per heavy atom.